The van der Waals surface area contributed by atoms with Crippen LogP contribution in [0, 0.1) is 5.41 Å². The summed E-state index contributed by atoms with van der Waals surface area (Å²) in [6.45, 7) is 6.45. The Kier molecular flexibility index (Phi) is 2.32. The van der Waals surface area contributed by atoms with Gasteiger partial charge in [0, 0.05) is 19.1 Å². The second-order valence-corrected chi connectivity index (χ2v) is 3.27. The van der Waals surface area contributed by atoms with Gasteiger partial charge in [-0.05, 0) is 18.3 Å². The minimum absolute atomic E-state index is 0.525. The SMILES string of the molecule is CC.NC1CC2(CNC2)C1. The summed E-state index contributed by atoms with van der Waals surface area (Å²) < 4.78 is 0. The van der Waals surface area contributed by atoms with Crippen LogP contribution in [-0.4, -0.2) is 19.1 Å². The monoisotopic (exact) mass is 142 g/mol. The molecule has 0 aromatic carbocycles. The molecular weight excluding hydrogens is 124 g/mol. The number of hydrogen-bond donors (Lipinski definition) is 2. The molecule has 1 saturated carbocycles. The van der Waals surface area contributed by atoms with Crippen LogP contribution in [0.3, 0.4) is 0 Å². The predicted molar refractivity (Wildman–Crippen MR) is 43.9 cm³/mol. The largest absolute Gasteiger partial charge is 0.328 e. The zero-order chi connectivity index (χ0) is 7.61. The molecule has 2 rings (SSSR count). The normalized spacial score (nSPS) is 27.9. The lowest BCUT2D eigenvalue weighted by molar-refractivity contribution is 0.0393. The van der Waals surface area contributed by atoms with Crippen LogP contribution in [-0.2, 0) is 0 Å². The van der Waals surface area contributed by atoms with Gasteiger partial charge in [-0.1, -0.05) is 13.8 Å². The van der Waals surface area contributed by atoms with Crippen LogP contribution in [0.2, 0.25) is 0 Å². The van der Waals surface area contributed by atoms with Crippen molar-refractivity contribution in [3.05, 3.63) is 0 Å². The van der Waals surface area contributed by atoms with Crippen molar-refractivity contribution in [3.63, 3.8) is 0 Å². The van der Waals surface area contributed by atoms with Crippen molar-refractivity contribution < 1.29 is 0 Å². The molecule has 1 heterocycles. The average molecular weight is 142 g/mol. The molecule has 0 radical (unpaired) electrons. The van der Waals surface area contributed by atoms with Gasteiger partial charge in [0.05, 0.1) is 0 Å². The second kappa shape index (κ2) is 2.89. The van der Waals surface area contributed by atoms with Crippen LogP contribution in [0.25, 0.3) is 0 Å². The topological polar surface area (TPSA) is 38.0 Å². The van der Waals surface area contributed by atoms with Crippen LogP contribution in [0.15, 0.2) is 0 Å². The summed E-state index contributed by atoms with van der Waals surface area (Å²) in [5.41, 5.74) is 6.32. The van der Waals surface area contributed by atoms with Crippen LogP contribution in [0.1, 0.15) is 26.7 Å². The van der Waals surface area contributed by atoms with E-state index in [0.29, 0.717) is 11.5 Å². The standard InChI is InChI=1S/C6H12N2.C2H6/c7-5-1-6(2-5)3-8-4-6;1-2/h5,8H,1-4,7H2;1-2H3. The summed E-state index contributed by atoms with van der Waals surface area (Å²) in [6.07, 6.45) is 2.53. The summed E-state index contributed by atoms with van der Waals surface area (Å²) in [7, 11) is 0. The molecule has 0 amide bonds. The summed E-state index contributed by atoms with van der Waals surface area (Å²) in [5.74, 6) is 0. The lowest BCUT2D eigenvalue weighted by Gasteiger charge is -2.53. The molecule has 1 spiro atoms. The molecule has 0 atom stereocenters. The van der Waals surface area contributed by atoms with Crippen molar-refractivity contribution in [2.45, 2.75) is 32.7 Å². The Morgan fingerprint density at radius 2 is 1.80 bits per heavy atom. The first-order valence-electron chi connectivity index (χ1n) is 4.27. The molecule has 2 nitrogen and oxygen atoms in total. The van der Waals surface area contributed by atoms with Crippen LogP contribution in [0.4, 0.5) is 0 Å². The highest BCUT2D eigenvalue weighted by molar-refractivity contribution is 5.04. The molecule has 1 aliphatic heterocycles. The number of nitrogens with one attached hydrogen (secondary N) is 1. The van der Waals surface area contributed by atoms with E-state index in [1.165, 1.54) is 25.9 Å². The summed E-state index contributed by atoms with van der Waals surface area (Å²) in [6, 6.07) is 0.525. The quantitative estimate of drug-likeness (QED) is 0.523. The molecule has 0 aromatic rings. The highest BCUT2D eigenvalue weighted by Gasteiger charge is 2.46. The predicted octanol–water partition coefficient (Wildman–Crippen LogP) is 0.723. The molecule has 2 heteroatoms. The van der Waals surface area contributed by atoms with Gasteiger partial charge in [0.1, 0.15) is 0 Å². The smallest absolute Gasteiger partial charge is 0.00513 e. The zero-order valence-electron chi connectivity index (χ0n) is 6.98. The first-order valence-corrected chi connectivity index (χ1v) is 4.27. The second-order valence-electron chi connectivity index (χ2n) is 3.27. The fourth-order valence-corrected chi connectivity index (χ4v) is 1.82. The van der Waals surface area contributed by atoms with E-state index in [4.69, 9.17) is 5.73 Å². The van der Waals surface area contributed by atoms with E-state index in [1.54, 1.807) is 0 Å². The number of hydrogen-bond acceptors (Lipinski definition) is 2. The van der Waals surface area contributed by atoms with Crippen molar-refractivity contribution in [1.29, 1.82) is 0 Å². The molecule has 1 aliphatic carbocycles. The maximum Gasteiger partial charge on any atom is 0.00513 e. The van der Waals surface area contributed by atoms with E-state index >= 15 is 0 Å². The minimum atomic E-state index is 0.525. The summed E-state index contributed by atoms with van der Waals surface area (Å²) in [4.78, 5) is 0. The van der Waals surface area contributed by atoms with Gasteiger partial charge in [0.25, 0.3) is 0 Å². The maximum atomic E-state index is 5.64. The van der Waals surface area contributed by atoms with Crippen molar-refractivity contribution in [2.75, 3.05) is 13.1 Å². The van der Waals surface area contributed by atoms with Gasteiger partial charge in [-0.15, -0.1) is 0 Å². The Hall–Kier alpha value is -0.0800. The van der Waals surface area contributed by atoms with Gasteiger partial charge in [0.2, 0.25) is 0 Å². The molecule has 2 aliphatic rings. The Morgan fingerprint density at radius 3 is 1.90 bits per heavy atom. The van der Waals surface area contributed by atoms with Gasteiger partial charge in [-0.2, -0.15) is 0 Å². The molecule has 0 unspecified atom stereocenters. The fraction of sp³-hybridized carbons (Fsp3) is 1.00. The van der Waals surface area contributed by atoms with Crippen LogP contribution < -0.4 is 11.1 Å². The lowest BCUT2D eigenvalue weighted by atomic mass is 9.62. The van der Waals surface area contributed by atoms with Gasteiger partial charge in [-0.3, -0.25) is 0 Å². The molecule has 1 saturated heterocycles. The molecular formula is C8H18N2. The molecule has 10 heavy (non-hydrogen) atoms. The lowest BCUT2D eigenvalue weighted by Crippen LogP contribution is -2.63. The Balaban J connectivity index is 0.000000231. The van der Waals surface area contributed by atoms with Gasteiger partial charge in [0.15, 0.2) is 0 Å². The summed E-state index contributed by atoms with van der Waals surface area (Å²) in [5, 5.41) is 3.27. The van der Waals surface area contributed by atoms with Crippen molar-refractivity contribution in [1.82, 2.24) is 5.32 Å². The number of rotatable bonds is 0. The third kappa shape index (κ3) is 1.18. The van der Waals surface area contributed by atoms with Crippen LogP contribution in [0.5, 0.6) is 0 Å². The van der Waals surface area contributed by atoms with Gasteiger partial charge < -0.3 is 11.1 Å². The van der Waals surface area contributed by atoms with Crippen molar-refractivity contribution >= 4 is 0 Å². The summed E-state index contributed by atoms with van der Waals surface area (Å²) >= 11 is 0. The van der Waals surface area contributed by atoms with E-state index in [2.05, 4.69) is 5.32 Å². The molecule has 3 N–H and O–H groups in total. The maximum absolute atomic E-state index is 5.64. The molecule has 0 aromatic heterocycles. The van der Waals surface area contributed by atoms with Crippen molar-refractivity contribution in [2.24, 2.45) is 11.1 Å². The first-order chi connectivity index (χ1) is 4.81. The third-order valence-corrected chi connectivity index (χ3v) is 2.39. The zero-order valence-corrected chi connectivity index (χ0v) is 6.98. The van der Waals surface area contributed by atoms with E-state index in [-0.39, 0.29) is 0 Å². The Bertz CT molecular complexity index is 99.8. The van der Waals surface area contributed by atoms with Gasteiger partial charge >= 0.3 is 0 Å². The van der Waals surface area contributed by atoms with E-state index in [9.17, 15) is 0 Å². The van der Waals surface area contributed by atoms with Gasteiger partial charge in [-0.25, -0.2) is 0 Å². The van der Waals surface area contributed by atoms with E-state index in [1.807, 2.05) is 13.8 Å². The van der Waals surface area contributed by atoms with Crippen molar-refractivity contribution in [3.8, 4) is 0 Å². The average Bonchev–Trinajstić information content (AvgIpc) is 1.82. The molecule has 0 bridgehead atoms. The molecule has 2 fully saturated rings. The highest BCUT2D eigenvalue weighted by Crippen LogP contribution is 2.42. The Labute approximate surface area is 63.2 Å². The first kappa shape index (κ1) is 8.02. The Morgan fingerprint density at radius 1 is 1.30 bits per heavy atom. The number of nitrogens with two attached hydrogens (primary N) is 1. The fourth-order valence-electron chi connectivity index (χ4n) is 1.82. The van der Waals surface area contributed by atoms with E-state index in [0.717, 1.165) is 0 Å². The third-order valence-electron chi connectivity index (χ3n) is 2.39. The minimum Gasteiger partial charge on any atom is -0.328 e. The van der Waals surface area contributed by atoms with E-state index < -0.39 is 0 Å². The highest BCUT2D eigenvalue weighted by atomic mass is 15.0. The molecule has 60 valence electrons. The van der Waals surface area contributed by atoms with Crippen LogP contribution >= 0.6 is 0 Å².